The van der Waals surface area contributed by atoms with Crippen LogP contribution in [0.25, 0.3) is 0 Å². The minimum Gasteiger partial charge on any atom is -0.427 e. The highest BCUT2D eigenvalue weighted by Gasteiger charge is 2.47. The average Bonchev–Trinajstić information content (AvgIpc) is 2.96. The first-order valence-corrected chi connectivity index (χ1v) is 9.92. The fraction of sp³-hybridized carbons (Fsp3) is 0.200. The van der Waals surface area contributed by atoms with Crippen LogP contribution >= 0.6 is 0 Å². The monoisotopic (exact) mass is 401 g/mol. The van der Waals surface area contributed by atoms with Gasteiger partial charge in [0.05, 0.1) is 0 Å². The summed E-state index contributed by atoms with van der Waals surface area (Å²) in [6, 6.07) is 24.1. The Morgan fingerprint density at radius 1 is 0.933 bits per heavy atom. The number of esters is 1. The van der Waals surface area contributed by atoms with Crippen LogP contribution in [0.5, 0.6) is 5.75 Å². The second kappa shape index (κ2) is 8.13. The first-order chi connectivity index (χ1) is 14.5. The van der Waals surface area contributed by atoms with Crippen molar-refractivity contribution in [1.29, 1.82) is 0 Å². The lowest BCUT2D eigenvalue weighted by Crippen LogP contribution is -2.43. The van der Waals surface area contributed by atoms with Gasteiger partial charge in [-0.2, -0.15) is 0 Å². The number of amides is 1. The van der Waals surface area contributed by atoms with Crippen LogP contribution in [-0.4, -0.2) is 21.9 Å². The number of aryl methyl sites for hydroxylation is 1. The third-order valence-corrected chi connectivity index (χ3v) is 5.41. The Hall–Kier alpha value is -3.44. The Morgan fingerprint density at radius 3 is 2.30 bits per heavy atom. The number of nitrogens with zero attached hydrogens (tertiary/aromatic N) is 1. The Bertz CT molecular complexity index is 1060. The summed E-state index contributed by atoms with van der Waals surface area (Å²) in [5.74, 6) is -0.130. The third kappa shape index (κ3) is 3.84. The van der Waals surface area contributed by atoms with Crippen molar-refractivity contribution in [3.8, 4) is 5.75 Å². The van der Waals surface area contributed by atoms with E-state index in [9.17, 15) is 14.7 Å². The molecule has 0 aromatic heterocycles. The molecule has 5 heteroatoms. The van der Waals surface area contributed by atoms with Crippen molar-refractivity contribution in [2.24, 2.45) is 0 Å². The van der Waals surface area contributed by atoms with Gasteiger partial charge in [-0.3, -0.25) is 9.59 Å². The molecule has 1 atom stereocenters. The van der Waals surface area contributed by atoms with Gasteiger partial charge >= 0.3 is 5.97 Å². The summed E-state index contributed by atoms with van der Waals surface area (Å²) < 4.78 is 5.07. The summed E-state index contributed by atoms with van der Waals surface area (Å²) in [6.07, 6.45) is 1.03. The van der Waals surface area contributed by atoms with E-state index in [0.717, 1.165) is 11.1 Å². The van der Waals surface area contributed by atoms with E-state index in [1.54, 1.807) is 30.3 Å². The topological polar surface area (TPSA) is 66.8 Å². The molecule has 0 fully saturated rings. The molecule has 0 saturated heterocycles. The highest BCUT2D eigenvalue weighted by molar-refractivity contribution is 5.99. The van der Waals surface area contributed by atoms with E-state index in [2.05, 4.69) is 0 Å². The number of hydrogen-bond acceptors (Lipinski definition) is 4. The van der Waals surface area contributed by atoms with Crippen molar-refractivity contribution < 1.29 is 19.4 Å². The maximum Gasteiger partial charge on any atom is 0.308 e. The van der Waals surface area contributed by atoms with E-state index < -0.39 is 5.72 Å². The molecule has 30 heavy (non-hydrogen) atoms. The first kappa shape index (κ1) is 19.9. The van der Waals surface area contributed by atoms with Gasteiger partial charge in [0, 0.05) is 31.0 Å². The molecular formula is C25H23NO4. The molecule has 0 bridgehead atoms. The predicted octanol–water partition coefficient (Wildman–Crippen LogP) is 4.05. The fourth-order valence-electron chi connectivity index (χ4n) is 3.92. The second-order valence-electron chi connectivity index (χ2n) is 7.48. The number of hydrogen-bond donors (Lipinski definition) is 1. The molecule has 3 aromatic carbocycles. The zero-order chi connectivity index (χ0) is 21.1. The number of aliphatic hydroxyl groups is 1. The van der Waals surface area contributed by atoms with Crippen LogP contribution in [0.1, 0.15) is 40.4 Å². The molecule has 0 spiro atoms. The Morgan fingerprint density at radius 2 is 1.60 bits per heavy atom. The molecule has 1 N–H and O–H groups in total. The number of carbonyl (C=O) groups excluding carboxylic acids is 2. The zero-order valence-electron chi connectivity index (χ0n) is 16.7. The van der Waals surface area contributed by atoms with Crippen LogP contribution < -0.4 is 4.74 Å². The van der Waals surface area contributed by atoms with Gasteiger partial charge in [0.25, 0.3) is 5.91 Å². The van der Waals surface area contributed by atoms with Crippen LogP contribution in [0, 0.1) is 0 Å². The quantitative estimate of drug-likeness (QED) is 0.500. The molecule has 152 valence electrons. The Balaban J connectivity index is 1.61. The summed E-state index contributed by atoms with van der Waals surface area (Å²) in [4.78, 5) is 25.8. The largest absolute Gasteiger partial charge is 0.427 e. The summed E-state index contributed by atoms with van der Waals surface area (Å²) in [5, 5.41) is 11.7. The summed E-state index contributed by atoms with van der Waals surface area (Å²) in [5.41, 5.74) is 1.73. The molecular weight excluding hydrogens is 378 g/mol. The lowest BCUT2D eigenvalue weighted by atomic mass is 9.94. The van der Waals surface area contributed by atoms with E-state index in [-0.39, 0.29) is 18.4 Å². The zero-order valence-corrected chi connectivity index (χ0v) is 16.7. The van der Waals surface area contributed by atoms with Crippen LogP contribution in [0.15, 0.2) is 78.9 Å². The number of benzene rings is 3. The van der Waals surface area contributed by atoms with E-state index in [0.29, 0.717) is 29.7 Å². The predicted molar refractivity (Wildman–Crippen MR) is 113 cm³/mol. The molecule has 0 aliphatic carbocycles. The molecule has 1 aliphatic heterocycles. The van der Waals surface area contributed by atoms with Gasteiger partial charge < -0.3 is 14.7 Å². The molecule has 4 rings (SSSR count). The van der Waals surface area contributed by atoms with Crippen LogP contribution in [0.4, 0.5) is 0 Å². The fourth-order valence-corrected chi connectivity index (χ4v) is 3.92. The summed E-state index contributed by atoms with van der Waals surface area (Å²) in [7, 11) is 0. The molecule has 1 amide bonds. The molecule has 5 nitrogen and oxygen atoms in total. The first-order valence-electron chi connectivity index (χ1n) is 9.92. The van der Waals surface area contributed by atoms with Crippen molar-refractivity contribution in [2.75, 3.05) is 0 Å². The number of carbonyl (C=O) groups is 2. The third-order valence-electron chi connectivity index (χ3n) is 5.41. The summed E-state index contributed by atoms with van der Waals surface area (Å²) in [6.45, 7) is 1.60. The van der Waals surface area contributed by atoms with E-state index in [4.69, 9.17) is 4.74 Å². The molecule has 3 aromatic rings. The average molecular weight is 401 g/mol. The minimum absolute atomic E-state index is 0.190. The van der Waals surface area contributed by atoms with Crippen LogP contribution in [0.2, 0.25) is 0 Å². The Labute approximate surface area is 175 Å². The maximum atomic E-state index is 13.1. The standard InChI is InChI=1S/C25H23NO4/c1-18(27)30-21-13-11-20(12-14-21)17-26-24(28)22-9-5-6-10-23(22)25(26,29)16-15-19-7-3-2-4-8-19/h2-14,29H,15-17H2,1H3. The maximum absolute atomic E-state index is 13.1. The highest BCUT2D eigenvalue weighted by Crippen LogP contribution is 2.41. The number of ether oxygens (including phenoxy) is 1. The van der Waals surface area contributed by atoms with Crippen LogP contribution in [-0.2, 0) is 23.5 Å². The lowest BCUT2D eigenvalue weighted by molar-refractivity contribution is -0.131. The molecule has 0 radical (unpaired) electrons. The van der Waals surface area contributed by atoms with Gasteiger partial charge in [0.2, 0.25) is 0 Å². The number of rotatable bonds is 6. The van der Waals surface area contributed by atoms with E-state index in [1.807, 2.05) is 48.5 Å². The van der Waals surface area contributed by atoms with Crippen LogP contribution in [0.3, 0.4) is 0 Å². The van der Waals surface area contributed by atoms with Crippen molar-refractivity contribution in [2.45, 2.75) is 32.0 Å². The van der Waals surface area contributed by atoms with E-state index in [1.165, 1.54) is 11.8 Å². The smallest absolute Gasteiger partial charge is 0.308 e. The number of fused-ring (bicyclic) bond motifs is 1. The molecule has 0 saturated carbocycles. The van der Waals surface area contributed by atoms with Gasteiger partial charge in [-0.05, 0) is 35.7 Å². The van der Waals surface area contributed by atoms with Gasteiger partial charge in [-0.15, -0.1) is 0 Å². The SMILES string of the molecule is CC(=O)Oc1ccc(CN2C(=O)c3ccccc3C2(O)CCc2ccccc2)cc1. The minimum atomic E-state index is -1.39. The van der Waals surface area contributed by atoms with Crippen molar-refractivity contribution in [3.05, 3.63) is 101 Å². The van der Waals surface area contributed by atoms with Gasteiger partial charge in [0.15, 0.2) is 5.72 Å². The molecule has 1 heterocycles. The van der Waals surface area contributed by atoms with Gasteiger partial charge in [-0.25, -0.2) is 0 Å². The second-order valence-corrected chi connectivity index (χ2v) is 7.48. The summed E-state index contributed by atoms with van der Waals surface area (Å²) >= 11 is 0. The normalized spacial score (nSPS) is 17.7. The van der Waals surface area contributed by atoms with Gasteiger partial charge in [0.1, 0.15) is 5.75 Å². The van der Waals surface area contributed by atoms with Gasteiger partial charge in [-0.1, -0.05) is 60.7 Å². The highest BCUT2D eigenvalue weighted by atomic mass is 16.5. The van der Waals surface area contributed by atoms with Crippen molar-refractivity contribution in [3.63, 3.8) is 0 Å². The van der Waals surface area contributed by atoms with Crippen molar-refractivity contribution in [1.82, 2.24) is 4.90 Å². The molecule has 1 unspecified atom stereocenters. The molecule has 1 aliphatic rings. The van der Waals surface area contributed by atoms with E-state index >= 15 is 0 Å². The van der Waals surface area contributed by atoms with Crippen molar-refractivity contribution >= 4 is 11.9 Å². The lowest BCUT2D eigenvalue weighted by Gasteiger charge is -2.34. The Kier molecular flexibility index (Phi) is 5.38.